The second-order valence-corrected chi connectivity index (χ2v) is 11.4. The zero-order valence-electron chi connectivity index (χ0n) is 23.3. The van der Waals surface area contributed by atoms with Gasteiger partial charge in [-0.15, -0.1) is 0 Å². The number of benzene rings is 1. The molecular formula is C27H33F6N5O2S. The van der Waals surface area contributed by atoms with Crippen molar-refractivity contribution in [1.82, 2.24) is 14.7 Å². The number of piperazine rings is 1. The van der Waals surface area contributed by atoms with E-state index in [2.05, 4.69) is 4.90 Å². The Labute approximate surface area is 240 Å². The van der Waals surface area contributed by atoms with Gasteiger partial charge in [0.15, 0.2) is 5.11 Å². The van der Waals surface area contributed by atoms with E-state index in [0.29, 0.717) is 26.1 Å². The molecule has 226 valence electrons. The summed E-state index contributed by atoms with van der Waals surface area (Å²) in [5, 5.41) is 9.15. The largest absolute Gasteiger partial charge is 0.471 e. The van der Waals surface area contributed by atoms with E-state index in [1.807, 2.05) is 0 Å². The number of nitrogens with zero attached hydrogens (tertiary/aromatic N) is 5. The van der Waals surface area contributed by atoms with Crippen LogP contribution < -0.4 is 4.90 Å². The molecule has 2 aliphatic rings. The molecule has 2 amide bonds. The van der Waals surface area contributed by atoms with Crippen molar-refractivity contribution in [2.24, 2.45) is 0 Å². The third kappa shape index (κ3) is 6.94. The Bertz CT molecular complexity index is 1210. The number of carbonyl (C=O) groups excluding carboxylic acids is 2. The molecule has 7 nitrogen and oxygen atoms in total. The van der Waals surface area contributed by atoms with E-state index in [1.54, 1.807) is 32.6 Å². The fraction of sp³-hybridized carbons (Fsp3) is 0.630. The van der Waals surface area contributed by atoms with Crippen molar-refractivity contribution in [3.8, 4) is 6.07 Å². The molecule has 2 heterocycles. The van der Waals surface area contributed by atoms with Crippen molar-refractivity contribution in [1.29, 1.82) is 5.26 Å². The van der Waals surface area contributed by atoms with Gasteiger partial charge in [-0.05, 0) is 77.5 Å². The molecule has 2 aliphatic heterocycles. The standard InChI is InChI=1S/C27H33F6N5O2S/c1-17-16-36(23(40)27(31,32)33)18(2)15-35(17)11-7-5-6-8-12-37-24(41)38(22(39)25(37,3)4)20-10-9-19(14-34)21(13-20)26(28,29)30/h9-10,13,17-18H,5-8,11-12,15-16H2,1-4H3. The second-order valence-electron chi connectivity index (χ2n) is 11.0. The maximum absolute atomic E-state index is 13.5. The Hall–Kier alpha value is -2.92. The van der Waals surface area contributed by atoms with Gasteiger partial charge in [0, 0.05) is 31.7 Å². The van der Waals surface area contributed by atoms with Gasteiger partial charge >= 0.3 is 18.3 Å². The molecule has 0 saturated carbocycles. The molecule has 0 N–H and O–H groups in total. The van der Waals surface area contributed by atoms with Crippen LogP contribution >= 0.6 is 12.2 Å². The highest BCUT2D eigenvalue weighted by Crippen LogP contribution is 2.38. The Morgan fingerprint density at radius 1 is 1.02 bits per heavy atom. The average Bonchev–Trinajstić information content (AvgIpc) is 3.04. The normalized spacial score (nSPS) is 21.9. The number of unbranched alkanes of at least 4 members (excludes halogenated alkanes) is 3. The van der Waals surface area contributed by atoms with Crippen LogP contribution in [-0.4, -0.2) is 81.6 Å². The lowest BCUT2D eigenvalue weighted by molar-refractivity contribution is -0.190. The molecule has 2 saturated heterocycles. The Balaban J connectivity index is 1.53. The van der Waals surface area contributed by atoms with Gasteiger partial charge in [0.25, 0.3) is 5.91 Å². The van der Waals surface area contributed by atoms with Crippen molar-refractivity contribution in [3.05, 3.63) is 29.3 Å². The molecule has 41 heavy (non-hydrogen) atoms. The van der Waals surface area contributed by atoms with E-state index in [4.69, 9.17) is 17.5 Å². The number of alkyl halides is 6. The van der Waals surface area contributed by atoms with Crippen molar-refractivity contribution in [2.45, 2.75) is 83.4 Å². The van der Waals surface area contributed by atoms with Gasteiger partial charge in [0.2, 0.25) is 0 Å². The molecule has 0 bridgehead atoms. The van der Waals surface area contributed by atoms with Crippen LogP contribution in [0.5, 0.6) is 0 Å². The quantitative estimate of drug-likeness (QED) is 0.227. The molecule has 0 aromatic heterocycles. The van der Waals surface area contributed by atoms with Crippen LogP contribution in [0, 0.1) is 11.3 Å². The van der Waals surface area contributed by atoms with E-state index >= 15 is 0 Å². The predicted octanol–water partition coefficient (Wildman–Crippen LogP) is 5.33. The van der Waals surface area contributed by atoms with Crippen molar-refractivity contribution in [2.75, 3.05) is 31.1 Å². The van der Waals surface area contributed by atoms with Gasteiger partial charge in [-0.3, -0.25) is 19.4 Å². The zero-order valence-corrected chi connectivity index (χ0v) is 24.1. The summed E-state index contributed by atoms with van der Waals surface area (Å²) in [6, 6.07) is 3.83. The van der Waals surface area contributed by atoms with Gasteiger partial charge in [-0.25, -0.2) is 0 Å². The summed E-state index contributed by atoms with van der Waals surface area (Å²) in [5.74, 6) is -2.28. The summed E-state index contributed by atoms with van der Waals surface area (Å²) < 4.78 is 79.1. The minimum absolute atomic E-state index is 0.00916. The van der Waals surface area contributed by atoms with Crippen molar-refractivity contribution < 1.29 is 35.9 Å². The van der Waals surface area contributed by atoms with Gasteiger partial charge < -0.3 is 9.80 Å². The summed E-state index contributed by atoms with van der Waals surface area (Å²) in [6.45, 7) is 8.14. The highest BCUT2D eigenvalue weighted by atomic mass is 32.1. The molecule has 14 heteroatoms. The number of halogens is 6. The Kier molecular flexibility index (Phi) is 9.64. The molecule has 2 atom stereocenters. The van der Waals surface area contributed by atoms with Gasteiger partial charge in [-0.2, -0.15) is 31.6 Å². The minimum atomic E-state index is -4.89. The number of hydrogen-bond donors (Lipinski definition) is 0. The SMILES string of the molecule is CC1CN(C(=O)C(F)(F)F)C(C)CN1CCCCCCN1C(=S)N(c2ccc(C#N)c(C(F)(F)F)c2)C(=O)C1(C)C. The van der Waals surface area contributed by atoms with Crippen LogP contribution in [0.2, 0.25) is 0 Å². The van der Waals surface area contributed by atoms with Crippen LogP contribution in [0.4, 0.5) is 32.0 Å². The van der Waals surface area contributed by atoms with E-state index in [1.165, 1.54) is 12.1 Å². The van der Waals surface area contributed by atoms with Crippen LogP contribution in [0.25, 0.3) is 0 Å². The third-order valence-corrected chi connectivity index (χ3v) is 8.11. The molecule has 1 aromatic carbocycles. The lowest BCUT2D eigenvalue weighted by Crippen LogP contribution is -2.60. The summed E-state index contributed by atoms with van der Waals surface area (Å²) in [4.78, 5) is 30.6. The first-order valence-electron chi connectivity index (χ1n) is 13.3. The first-order valence-corrected chi connectivity index (χ1v) is 13.7. The van der Waals surface area contributed by atoms with Gasteiger partial charge in [-0.1, -0.05) is 12.8 Å². The Morgan fingerprint density at radius 2 is 1.63 bits per heavy atom. The number of anilines is 1. The molecule has 2 unspecified atom stereocenters. The molecule has 0 aliphatic carbocycles. The number of amides is 2. The summed E-state index contributed by atoms with van der Waals surface area (Å²) in [5.41, 5.74) is -2.82. The maximum atomic E-state index is 13.5. The van der Waals surface area contributed by atoms with Gasteiger partial charge in [0.05, 0.1) is 22.9 Å². The van der Waals surface area contributed by atoms with E-state index in [-0.39, 0.29) is 23.4 Å². The molecule has 1 aromatic rings. The third-order valence-electron chi connectivity index (χ3n) is 7.71. The monoisotopic (exact) mass is 605 g/mol. The van der Waals surface area contributed by atoms with E-state index in [9.17, 15) is 35.9 Å². The molecule has 0 radical (unpaired) electrons. The fourth-order valence-corrected chi connectivity index (χ4v) is 5.84. The van der Waals surface area contributed by atoms with Crippen LogP contribution in [0.1, 0.15) is 64.5 Å². The molecule has 0 spiro atoms. The van der Waals surface area contributed by atoms with Gasteiger partial charge in [0.1, 0.15) is 5.54 Å². The fourth-order valence-electron chi connectivity index (χ4n) is 5.34. The highest BCUT2D eigenvalue weighted by Gasteiger charge is 2.50. The zero-order chi connectivity index (χ0) is 30.9. The molecule has 2 fully saturated rings. The van der Waals surface area contributed by atoms with E-state index in [0.717, 1.165) is 41.2 Å². The van der Waals surface area contributed by atoms with Crippen LogP contribution in [0.3, 0.4) is 0 Å². The number of thiocarbonyl (C=S) groups is 1. The molecular weight excluding hydrogens is 572 g/mol. The topological polar surface area (TPSA) is 70.9 Å². The lowest BCUT2D eigenvalue weighted by atomic mass is 10.0. The Morgan fingerprint density at radius 3 is 2.20 bits per heavy atom. The second kappa shape index (κ2) is 12.1. The number of hydrogen-bond acceptors (Lipinski definition) is 5. The minimum Gasteiger partial charge on any atom is -0.334 e. The van der Waals surface area contributed by atoms with Crippen molar-refractivity contribution >= 4 is 34.8 Å². The predicted molar refractivity (Wildman–Crippen MR) is 144 cm³/mol. The van der Waals surface area contributed by atoms with Crippen LogP contribution in [0.15, 0.2) is 18.2 Å². The van der Waals surface area contributed by atoms with E-state index < -0.39 is 46.9 Å². The highest BCUT2D eigenvalue weighted by molar-refractivity contribution is 7.80. The number of nitriles is 1. The molecule has 3 rings (SSSR count). The first-order chi connectivity index (χ1) is 18.9. The number of rotatable bonds is 8. The average molecular weight is 606 g/mol. The summed E-state index contributed by atoms with van der Waals surface area (Å²) in [7, 11) is 0. The summed E-state index contributed by atoms with van der Waals surface area (Å²) in [6.07, 6.45) is -6.64. The summed E-state index contributed by atoms with van der Waals surface area (Å²) >= 11 is 5.51. The maximum Gasteiger partial charge on any atom is 0.471 e. The lowest BCUT2D eigenvalue weighted by Gasteiger charge is -2.44. The van der Waals surface area contributed by atoms with Crippen LogP contribution in [-0.2, 0) is 15.8 Å². The number of carbonyl (C=O) groups is 2. The smallest absolute Gasteiger partial charge is 0.334 e. The first kappa shape index (κ1) is 32.6. The van der Waals surface area contributed by atoms with Crippen molar-refractivity contribution in [3.63, 3.8) is 0 Å².